The Morgan fingerprint density at radius 3 is 2.84 bits per heavy atom. The number of thioether (sulfide) groups is 1. The van der Waals surface area contributed by atoms with Gasteiger partial charge < -0.3 is 9.84 Å². The van der Waals surface area contributed by atoms with Gasteiger partial charge in [0.1, 0.15) is 11.0 Å². The second-order valence-electron chi connectivity index (χ2n) is 3.95. The van der Waals surface area contributed by atoms with E-state index in [1.54, 1.807) is 24.3 Å². The fourth-order valence-corrected chi connectivity index (χ4v) is 2.68. The number of phenols is 1. The molecule has 7 nitrogen and oxygen atoms in total. The Morgan fingerprint density at radius 2 is 2.16 bits per heavy atom. The molecule has 1 aliphatic heterocycles. The molecule has 3 rings (SSSR count). The first-order valence-electron chi connectivity index (χ1n) is 5.65. The van der Waals surface area contributed by atoms with Crippen molar-refractivity contribution in [3.05, 3.63) is 24.3 Å². The van der Waals surface area contributed by atoms with E-state index in [1.165, 1.54) is 16.4 Å². The number of ether oxygens (including phenoxy) is 1. The van der Waals surface area contributed by atoms with Crippen LogP contribution in [0, 0.1) is 0 Å². The number of hydrogen-bond acceptors (Lipinski definition) is 7. The highest BCUT2D eigenvalue weighted by Gasteiger charge is 2.29. The average Bonchev–Trinajstić information content (AvgIpc) is 3.01. The van der Waals surface area contributed by atoms with E-state index in [-0.39, 0.29) is 17.0 Å². The first-order chi connectivity index (χ1) is 9.24. The number of aromatic hydroxyl groups is 1. The van der Waals surface area contributed by atoms with Crippen molar-refractivity contribution in [2.75, 3.05) is 6.61 Å². The third kappa shape index (κ3) is 2.39. The number of carbonyl (C=O) groups is 1. The highest BCUT2D eigenvalue weighted by molar-refractivity contribution is 8.00. The molecule has 1 saturated heterocycles. The van der Waals surface area contributed by atoms with Gasteiger partial charge in [-0.2, -0.15) is 4.68 Å². The number of hydrogen-bond donors (Lipinski definition) is 1. The van der Waals surface area contributed by atoms with E-state index in [0.717, 1.165) is 5.69 Å². The van der Waals surface area contributed by atoms with Gasteiger partial charge in [0.15, 0.2) is 0 Å². The van der Waals surface area contributed by atoms with Crippen LogP contribution in [0.15, 0.2) is 29.4 Å². The Kier molecular flexibility index (Phi) is 3.08. The molecule has 0 saturated carbocycles. The molecule has 0 amide bonds. The van der Waals surface area contributed by atoms with Gasteiger partial charge in [-0.25, -0.2) is 0 Å². The summed E-state index contributed by atoms with van der Waals surface area (Å²) >= 11 is 1.28. The maximum absolute atomic E-state index is 11.4. The number of nitrogens with zero attached hydrogens (tertiary/aromatic N) is 4. The number of rotatable bonds is 3. The summed E-state index contributed by atoms with van der Waals surface area (Å²) in [5.74, 6) is -0.0596. The molecular formula is C11H10N4O3S. The second-order valence-corrected chi connectivity index (χ2v) is 5.12. The van der Waals surface area contributed by atoms with Crippen molar-refractivity contribution in [3.8, 4) is 11.4 Å². The van der Waals surface area contributed by atoms with Crippen LogP contribution in [0.25, 0.3) is 5.69 Å². The van der Waals surface area contributed by atoms with Crippen molar-refractivity contribution in [1.29, 1.82) is 0 Å². The van der Waals surface area contributed by atoms with Crippen LogP contribution in [0.3, 0.4) is 0 Å². The third-order valence-electron chi connectivity index (χ3n) is 2.67. The largest absolute Gasteiger partial charge is 0.508 e. The van der Waals surface area contributed by atoms with Crippen LogP contribution in [-0.4, -0.2) is 43.1 Å². The lowest BCUT2D eigenvalue weighted by Gasteiger charge is -2.06. The summed E-state index contributed by atoms with van der Waals surface area (Å²) in [4.78, 5) is 11.4. The molecule has 0 radical (unpaired) electrons. The third-order valence-corrected chi connectivity index (χ3v) is 3.85. The van der Waals surface area contributed by atoms with Crippen molar-refractivity contribution >= 4 is 17.7 Å². The molecule has 1 aromatic heterocycles. The lowest BCUT2D eigenvalue weighted by Crippen LogP contribution is -2.11. The van der Waals surface area contributed by atoms with Crippen molar-refractivity contribution in [2.24, 2.45) is 0 Å². The number of tetrazole rings is 1. The monoisotopic (exact) mass is 278 g/mol. The number of phenolic OH excluding ortho intramolecular Hbond substituents is 1. The molecule has 1 aromatic carbocycles. The highest BCUT2D eigenvalue weighted by atomic mass is 32.2. The molecule has 0 bridgehead atoms. The van der Waals surface area contributed by atoms with Crippen LogP contribution < -0.4 is 0 Å². The minimum atomic E-state index is -0.262. The lowest BCUT2D eigenvalue weighted by atomic mass is 10.3. The van der Waals surface area contributed by atoms with Gasteiger partial charge in [-0.15, -0.1) is 5.10 Å². The summed E-state index contributed by atoms with van der Waals surface area (Å²) in [7, 11) is 0. The molecule has 8 heteroatoms. The number of aromatic nitrogens is 4. The van der Waals surface area contributed by atoms with Gasteiger partial charge in [0.05, 0.1) is 12.3 Å². The number of esters is 1. The Morgan fingerprint density at radius 1 is 1.37 bits per heavy atom. The van der Waals surface area contributed by atoms with Gasteiger partial charge in [0, 0.05) is 6.42 Å². The zero-order chi connectivity index (χ0) is 13.2. The molecule has 1 N–H and O–H groups in total. The van der Waals surface area contributed by atoms with Gasteiger partial charge >= 0.3 is 5.97 Å². The fraction of sp³-hybridized carbons (Fsp3) is 0.273. The number of benzene rings is 1. The van der Waals surface area contributed by atoms with Crippen molar-refractivity contribution < 1.29 is 14.6 Å². The van der Waals surface area contributed by atoms with Crippen molar-refractivity contribution in [2.45, 2.75) is 16.8 Å². The maximum atomic E-state index is 11.4. The zero-order valence-electron chi connectivity index (χ0n) is 9.76. The van der Waals surface area contributed by atoms with Crippen LogP contribution in [0.2, 0.25) is 0 Å². The van der Waals surface area contributed by atoms with Crippen LogP contribution >= 0.6 is 11.8 Å². The van der Waals surface area contributed by atoms with Crippen LogP contribution in [-0.2, 0) is 9.53 Å². The van der Waals surface area contributed by atoms with Crippen LogP contribution in [0.1, 0.15) is 6.42 Å². The predicted octanol–water partition coefficient (Wildman–Crippen LogP) is 0.775. The molecule has 1 atom stereocenters. The van der Waals surface area contributed by atoms with E-state index in [0.29, 0.717) is 18.2 Å². The molecule has 1 aliphatic rings. The molecule has 0 aliphatic carbocycles. The second kappa shape index (κ2) is 4.88. The maximum Gasteiger partial charge on any atom is 0.319 e. The molecular weight excluding hydrogens is 268 g/mol. The van der Waals surface area contributed by atoms with Gasteiger partial charge in [-0.3, -0.25) is 4.79 Å². The minimum Gasteiger partial charge on any atom is -0.508 e. The molecule has 0 unspecified atom stereocenters. The van der Waals surface area contributed by atoms with Crippen molar-refractivity contribution in [1.82, 2.24) is 20.2 Å². The van der Waals surface area contributed by atoms with Gasteiger partial charge in [0.25, 0.3) is 0 Å². The molecule has 2 aromatic rings. The van der Waals surface area contributed by atoms with E-state index < -0.39 is 0 Å². The van der Waals surface area contributed by atoms with Gasteiger partial charge in [0.2, 0.25) is 5.16 Å². The first-order valence-corrected chi connectivity index (χ1v) is 6.53. The summed E-state index contributed by atoms with van der Waals surface area (Å²) in [5.41, 5.74) is 0.719. The summed E-state index contributed by atoms with van der Waals surface area (Å²) < 4.78 is 6.43. The zero-order valence-corrected chi connectivity index (χ0v) is 10.6. The normalized spacial score (nSPS) is 18.5. The topological polar surface area (TPSA) is 90.1 Å². The smallest absolute Gasteiger partial charge is 0.319 e. The first kappa shape index (κ1) is 12.0. The Bertz CT molecular complexity index is 598. The lowest BCUT2D eigenvalue weighted by molar-refractivity contribution is -0.137. The molecule has 98 valence electrons. The highest BCUT2D eigenvalue weighted by Crippen LogP contribution is 2.29. The van der Waals surface area contributed by atoms with Gasteiger partial charge in [-0.1, -0.05) is 11.8 Å². The standard InChI is InChI=1S/C11H10N4O3S/c16-8-3-1-7(2-4-8)15-11(12-13-14-15)19-9-5-6-18-10(9)17/h1-4,9,16H,5-6H2/t9-/m0/s1. The number of carbonyl (C=O) groups excluding carboxylic acids is 1. The molecule has 19 heavy (non-hydrogen) atoms. The minimum absolute atomic E-state index is 0.172. The molecule has 2 heterocycles. The molecule has 0 spiro atoms. The Hall–Kier alpha value is -2.09. The number of cyclic esters (lactones) is 1. The molecule has 1 fully saturated rings. The van der Waals surface area contributed by atoms with E-state index in [2.05, 4.69) is 15.5 Å². The Labute approximate surface area is 112 Å². The van der Waals surface area contributed by atoms with E-state index in [9.17, 15) is 9.90 Å². The average molecular weight is 278 g/mol. The Balaban J connectivity index is 1.86. The van der Waals surface area contributed by atoms with E-state index in [1.807, 2.05) is 0 Å². The van der Waals surface area contributed by atoms with Gasteiger partial charge in [-0.05, 0) is 34.7 Å². The summed E-state index contributed by atoms with van der Waals surface area (Å²) in [6.45, 7) is 0.442. The van der Waals surface area contributed by atoms with E-state index >= 15 is 0 Å². The van der Waals surface area contributed by atoms with Crippen molar-refractivity contribution in [3.63, 3.8) is 0 Å². The summed E-state index contributed by atoms with van der Waals surface area (Å²) in [6.07, 6.45) is 0.659. The predicted molar refractivity (Wildman–Crippen MR) is 66.0 cm³/mol. The fourth-order valence-electron chi connectivity index (χ4n) is 1.72. The van der Waals surface area contributed by atoms with Crippen LogP contribution in [0.4, 0.5) is 0 Å². The summed E-state index contributed by atoms with van der Waals surface area (Å²) in [5, 5.41) is 20.9. The SMILES string of the molecule is O=C1OCC[C@@H]1Sc1nnnn1-c1ccc(O)cc1. The van der Waals surface area contributed by atoms with Crippen LogP contribution in [0.5, 0.6) is 5.75 Å². The summed E-state index contributed by atoms with van der Waals surface area (Å²) in [6, 6.07) is 6.50. The quantitative estimate of drug-likeness (QED) is 0.829. The van der Waals surface area contributed by atoms with E-state index in [4.69, 9.17) is 4.74 Å².